The Morgan fingerprint density at radius 1 is 1.29 bits per heavy atom. The van der Waals surface area contributed by atoms with Gasteiger partial charge in [-0.1, -0.05) is 24.9 Å². The average Bonchev–Trinajstić information content (AvgIpc) is 3.27. The number of hydrogen-bond donors (Lipinski definition) is 2. The van der Waals surface area contributed by atoms with Crippen molar-refractivity contribution in [3.8, 4) is 0 Å². The molecule has 11 heteroatoms. The first-order chi connectivity index (χ1) is 14.5. The van der Waals surface area contributed by atoms with Gasteiger partial charge in [0.25, 0.3) is 0 Å². The predicted molar refractivity (Wildman–Crippen MR) is 111 cm³/mol. The number of benzene rings is 1. The summed E-state index contributed by atoms with van der Waals surface area (Å²) in [6.45, 7) is 2.46. The highest BCUT2D eigenvalue weighted by molar-refractivity contribution is 7.89. The van der Waals surface area contributed by atoms with Crippen LogP contribution in [-0.4, -0.2) is 50.9 Å². The van der Waals surface area contributed by atoms with Crippen LogP contribution in [0.2, 0.25) is 5.02 Å². The molecule has 0 aromatic heterocycles. The zero-order valence-corrected chi connectivity index (χ0v) is 18.9. The Kier molecular flexibility index (Phi) is 7.25. The topological polar surface area (TPSA) is 78.5 Å². The molecule has 0 bridgehead atoms. The standard InChI is InChI=1S/C20H27ClF3N3O3S/c1-3-4-17(25-2)19(28)26-16-7-5-12-10-27(11-14(12)16)31(29,30)18-8-6-13(9-15(18)21)20(22,23)24/h6,8-9,12,14,16-17,25H,3-5,7,10-11H2,1-2H3,(H,26,28)/t12-,14+,16+,17+/m1/s1. The van der Waals surface area contributed by atoms with E-state index in [4.69, 9.17) is 11.6 Å². The highest BCUT2D eigenvalue weighted by atomic mass is 35.5. The zero-order valence-electron chi connectivity index (χ0n) is 17.4. The van der Waals surface area contributed by atoms with Crippen molar-refractivity contribution in [2.75, 3.05) is 20.1 Å². The summed E-state index contributed by atoms with van der Waals surface area (Å²) < 4.78 is 66.1. The lowest BCUT2D eigenvalue weighted by Crippen LogP contribution is -2.48. The number of likely N-dealkylation sites (N-methyl/N-ethyl adjacent to an activating group) is 1. The summed E-state index contributed by atoms with van der Waals surface area (Å²) in [5, 5.41) is 5.61. The van der Waals surface area contributed by atoms with Crippen LogP contribution in [0.5, 0.6) is 0 Å². The van der Waals surface area contributed by atoms with Crippen molar-refractivity contribution >= 4 is 27.5 Å². The summed E-state index contributed by atoms with van der Waals surface area (Å²) in [7, 11) is -2.31. The molecule has 31 heavy (non-hydrogen) atoms. The van der Waals surface area contributed by atoms with E-state index in [1.807, 2.05) is 6.92 Å². The molecule has 0 spiro atoms. The first-order valence-corrected chi connectivity index (χ1v) is 12.1. The molecule has 1 saturated carbocycles. The Hall–Kier alpha value is -1.36. The molecule has 1 heterocycles. The number of carbonyl (C=O) groups is 1. The van der Waals surface area contributed by atoms with Gasteiger partial charge in [-0.3, -0.25) is 4.79 Å². The monoisotopic (exact) mass is 481 g/mol. The third-order valence-corrected chi connectivity index (χ3v) is 8.58. The van der Waals surface area contributed by atoms with Gasteiger partial charge >= 0.3 is 6.18 Å². The Labute approximate surface area is 185 Å². The zero-order chi connectivity index (χ0) is 23.0. The SMILES string of the molecule is CCC[C@H](NC)C(=O)N[C@H]1CC[C@@H]2CN(S(=O)(=O)c3ccc(C(F)(F)F)cc3Cl)C[C@@H]21. The molecule has 1 aliphatic heterocycles. The van der Waals surface area contributed by atoms with Gasteiger partial charge in [0.1, 0.15) is 4.90 Å². The maximum Gasteiger partial charge on any atom is 0.416 e. The molecule has 2 aliphatic rings. The average molecular weight is 482 g/mol. The molecule has 0 unspecified atom stereocenters. The molecule has 1 saturated heterocycles. The second-order valence-electron chi connectivity index (χ2n) is 8.21. The third kappa shape index (κ3) is 5.02. The van der Waals surface area contributed by atoms with Crippen molar-refractivity contribution < 1.29 is 26.4 Å². The van der Waals surface area contributed by atoms with E-state index in [2.05, 4.69) is 10.6 Å². The van der Waals surface area contributed by atoms with Crippen LogP contribution in [-0.2, 0) is 21.0 Å². The number of nitrogens with one attached hydrogen (secondary N) is 2. The van der Waals surface area contributed by atoms with Crippen LogP contribution in [0.25, 0.3) is 0 Å². The second kappa shape index (κ2) is 9.25. The second-order valence-corrected chi connectivity index (χ2v) is 10.5. The van der Waals surface area contributed by atoms with Crippen LogP contribution in [0, 0.1) is 11.8 Å². The lowest BCUT2D eigenvalue weighted by molar-refractivity contribution is -0.137. The lowest BCUT2D eigenvalue weighted by atomic mass is 9.97. The number of amides is 1. The number of halogens is 4. The van der Waals surface area contributed by atoms with Crippen molar-refractivity contribution in [3.05, 3.63) is 28.8 Å². The van der Waals surface area contributed by atoms with E-state index in [1.165, 1.54) is 4.31 Å². The molecule has 1 amide bonds. The first kappa shape index (κ1) is 24.3. The smallest absolute Gasteiger partial charge is 0.352 e. The highest BCUT2D eigenvalue weighted by Gasteiger charge is 2.47. The molecule has 0 radical (unpaired) electrons. The Balaban J connectivity index is 1.73. The van der Waals surface area contributed by atoms with Gasteiger partial charge in [0.15, 0.2) is 0 Å². The molecular weight excluding hydrogens is 455 g/mol. The quantitative estimate of drug-likeness (QED) is 0.626. The predicted octanol–water partition coefficient (Wildman–Crippen LogP) is 3.26. The third-order valence-electron chi connectivity index (χ3n) is 6.27. The molecule has 1 aromatic carbocycles. The minimum Gasteiger partial charge on any atom is -0.352 e. The van der Waals surface area contributed by atoms with Gasteiger partial charge in [-0.2, -0.15) is 17.5 Å². The van der Waals surface area contributed by atoms with Crippen molar-refractivity contribution in [1.29, 1.82) is 0 Å². The molecule has 174 valence electrons. The summed E-state index contributed by atoms with van der Waals surface area (Å²) in [4.78, 5) is 12.2. The Bertz CT molecular complexity index is 926. The van der Waals surface area contributed by atoms with Gasteiger partial charge in [-0.05, 0) is 56.3 Å². The van der Waals surface area contributed by atoms with Crippen molar-refractivity contribution in [3.63, 3.8) is 0 Å². The summed E-state index contributed by atoms with van der Waals surface area (Å²) in [6, 6.07) is 1.85. The summed E-state index contributed by atoms with van der Waals surface area (Å²) in [5.74, 6) is -0.0410. The van der Waals surface area contributed by atoms with Crippen molar-refractivity contribution in [2.24, 2.45) is 11.8 Å². The van der Waals surface area contributed by atoms with Crippen molar-refractivity contribution in [2.45, 2.75) is 55.8 Å². The fourth-order valence-corrected chi connectivity index (χ4v) is 6.66. The molecule has 6 nitrogen and oxygen atoms in total. The number of rotatable bonds is 7. The van der Waals surface area contributed by atoms with E-state index in [-0.39, 0.29) is 47.8 Å². The van der Waals surface area contributed by atoms with Gasteiger partial charge in [0, 0.05) is 19.1 Å². The number of alkyl halides is 3. The Morgan fingerprint density at radius 3 is 2.58 bits per heavy atom. The van der Waals surface area contributed by atoms with Crippen LogP contribution in [0.3, 0.4) is 0 Å². The van der Waals surface area contributed by atoms with Crippen LogP contribution < -0.4 is 10.6 Å². The van der Waals surface area contributed by atoms with Gasteiger partial charge in [0.2, 0.25) is 15.9 Å². The molecule has 2 fully saturated rings. The number of fused-ring (bicyclic) bond motifs is 1. The molecular formula is C20H27ClF3N3O3S. The fraction of sp³-hybridized carbons (Fsp3) is 0.650. The summed E-state index contributed by atoms with van der Waals surface area (Å²) in [5.41, 5.74) is -0.997. The lowest BCUT2D eigenvalue weighted by Gasteiger charge is -2.24. The fourth-order valence-electron chi connectivity index (χ4n) is 4.60. The minimum atomic E-state index is -4.61. The highest BCUT2D eigenvalue weighted by Crippen LogP contribution is 2.41. The van der Waals surface area contributed by atoms with E-state index >= 15 is 0 Å². The van der Waals surface area contributed by atoms with Crippen LogP contribution in [0.15, 0.2) is 23.1 Å². The van der Waals surface area contributed by atoms with Crippen LogP contribution in [0.1, 0.15) is 38.2 Å². The number of nitrogens with zero attached hydrogens (tertiary/aromatic N) is 1. The Morgan fingerprint density at radius 2 is 2.00 bits per heavy atom. The number of sulfonamides is 1. The van der Waals surface area contributed by atoms with Crippen LogP contribution in [0.4, 0.5) is 13.2 Å². The van der Waals surface area contributed by atoms with Crippen LogP contribution >= 0.6 is 11.6 Å². The van der Waals surface area contributed by atoms with E-state index in [0.29, 0.717) is 12.5 Å². The normalized spacial score (nSPS) is 25.4. The maximum atomic E-state index is 13.1. The largest absolute Gasteiger partial charge is 0.416 e. The minimum absolute atomic E-state index is 0.0360. The molecule has 3 rings (SSSR count). The van der Waals surface area contributed by atoms with E-state index < -0.39 is 26.8 Å². The number of hydrogen-bond acceptors (Lipinski definition) is 4. The number of carbonyl (C=O) groups excluding carboxylic acids is 1. The molecule has 1 aromatic rings. The van der Waals surface area contributed by atoms with Gasteiger partial charge < -0.3 is 10.6 Å². The van der Waals surface area contributed by atoms with E-state index in [0.717, 1.165) is 31.4 Å². The first-order valence-electron chi connectivity index (χ1n) is 10.3. The molecule has 4 atom stereocenters. The van der Waals surface area contributed by atoms with Crippen molar-refractivity contribution in [1.82, 2.24) is 14.9 Å². The van der Waals surface area contributed by atoms with Gasteiger partial charge in [-0.25, -0.2) is 8.42 Å². The van der Waals surface area contributed by atoms with Gasteiger partial charge in [0.05, 0.1) is 16.6 Å². The van der Waals surface area contributed by atoms with Gasteiger partial charge in [-0.15, -0.1) is 0 Å². The summed E-state index contributed by atoms with van der Waals surface area (Å²) in [6.07, 6.45) is -1.49. The maximum absolute atomic E-state index is 13.1. The summed E-state index contributed by atoms with van der Waals surface area (Å²) >= 11 is 5.93. The van der Waals surface area contributed by atoms with E-state index in [1.54, 1.807) is 7.05 Å². The van der Waals surface area contributed by atoms with E-state index in [9.17, 15) is 26.4 Å². The molecule has 1 aliphatic carbocycles. The molecule has 2 N–H and O–H groups in total.